The van der Waals surface area contributed by atoms with Crippen molar-refractivity contribution in [1.29, 1.82) is 0 Å². The number of hydrogen-bond acceptors (Lipinski definition) is 4. The van der Waals surface area contributed by atoms with Crippen LogP contribution < -0.4 is 9.80 Å². The maximum absolute atomic E-state index is 13.1. The molecule has 0 aromatic heterocycles. The van der Waals surface area contributed by atoms with Gasteiger partial charge in [0.15, 0.2) is 0 Å². The topological polar surface area (TPSA) is 36.0 Å². The monoisotopic (exact) mass is 383 g/mol. The lowest BCUT2D eigenvalue weighted by Gasteiger charge is -2.36. The van der Waals surface area contributed by atoms with E-state index >= 15 is 0 Å². The van der Waals surface area contributed by atoms with Crippen LogP contribution in [0.15, 0.2) is 48.5 Å². The molecule has 0 saturated carbocycles. The van der Waals surface area contributed by atoms with Crippen molar-refractivity contribution < 1.29 is 13.9 Å². The highest BCUT2D eigenvalue weighted by Crippen LogP contribution is 2.23. The largest absolute Gasteiger partial charge is 0.380 e. The molecule has 0 N–H and O–H groups in total. The summed E-state index contributed by atoms with van der Waals surface area (Å²) in [6.07, 6.45) is 1.33. The SMILES string of the molecule is CO[C@H]1CCN(c2ccc(C(=O)N3CCN(c4ccc(F)cc4)CC3)cc2)C1. The van der Waals surface area contributed by atoms with Crippen LogP contribution in [0.25, 0.3) is 0 Å². The van der Waals surface area contributed by atoms with Crippen molar-refractivity contribution in [3.05, 3.63) is 59.9 Å². The molecule has 2 saturated heterocycles. The van der Waals surface area contributed by atoms with Crippen LogP contribution in [0, 0.1) is 5.82 Å². The number of methoxy groups -OCH3 is 1. The Kier molecular flexibility index (Phi) is 5.48. The standard InChI is InChI=1S/C22H26FN3O2/c1-28-21-10-11-26(16-21)20-6-2-17(3-7-20)22(27)25-14-12-24(13-15-25)19-8-4-18(23)5-9-19/h2-9,21H,10-16H2,1H3/t21-/m0/s1. The fraction of sp³-hybridized carbons (Fsp3) is 0.409. The molecule has 6 heteroatoms. The van der Waals surface area contributed by atoms with Crippen molar-refractivity contribution in [2.24, 2.45) is 0 Å². The van der Waals surface area contributed by atoms with E-state index in [9.17, 15) is 9.18 Å². The lowest BCUT2D eigenvalue weighted by Crippen LogP contribution is -2.48. The highest BCUT2D eigenvalue weighted by molar-refractivity contribution is 5.94. The zero-order chi connectivity index (χ0) is 19.5. The maximum atomic E-state index is 13.1. The summed E-state index contributed by atoms with van der Waals surface area (Å²) in [4.78, 5) is 19.2. The molecule has 5 nitrogen and oxygen atoms in total. The molecular formula is C22H26FN3O2. The van der Waals surface area contributed by atoms with Gasteiger partial charge in [0, 0.05) is 63.3 Å². The Morgan fingerprint density at radius 3 is 2.11 bits per heavy atom. The summed E-state index contributed by atoms with van der Waals surface area (Å²) in [5.74, 6) is -0.158. The predicted molar refractivity (Wildman–Crippen MR) is 109 cm³/mol. The minimum absolute atomic E-state index is 0.0708. The normalized spacial score (nSPS) is 19.9. The molecule has 2 aromatic rings. The lowest BCUT2D eigenvalue weighted by molar-refractivity contribution is 0.0747. The van der Waals surface area contributed by atoms with Crippen LogP contribution in [-0.4, -0.2) is 63.3 Å². The molecule has 2 aliphatic heterocycles. The summed E-state index contributed by atoms with van der Waals surface area (Å²) in [6.45, 7) is 4.72. The predicted octanol–water partition coefficient (Wildman–Crippen LogP) is 3.01. The van der Waals surface area contributed by atoms with Gasteiger partial charge in [0.1, 0.15) is 5.82 Å². The minimum Gasteiger partial charge on any atom is -0.380 e. The first-order valence-corrected chi connectivity index (χ1v) is 9.81. The number of piperazine rings is 1. The van der Waals surface area contributed by atoms with Crippen LogP contribution in [0.3, 0.4) is 0 Å². The average Bonchev–Trinajstić information content (AvgIpc) is 3.23. The summed E-state index contributed by atoms with van der Waals surface area (Å²) in [5, 5.41) is 0. The lowest BCUT2D eigenvalue weighted by atomic mass is 10.1. The molecule has 4 rings (SSSR count). The van der Waals surface area contributed by atoms with Crippen LogP contribution in [0.2, 0.25) is 0 Å². The third-order valence-electron chi connectivity index (χ3n) is 5.72. The number of amides is 1. The molecule has 0 radical (unpaired) electrons. The van der Waals surface area contributed by atoms with Crippen molar-refractivity contribution >= 4 is 17.3 Å². The minimum atomic E-state index is -0.229. The number of hydrogen-bond donors (Lipinski definition) is 0. The number of nitrogens with zero attached hydrogens (tertiary/aromatic N) is 3. The quantitative estimate of drug-likeness (QED) is 0.813. The Balaban J connectivity index is 1.34. The highest BCUT2D eigenvalue weighted by Gasteiger charge is 2.24. The number of halogens is 1. The zero-order valence-corrected chi connectivity index (χ0v) is 16.2. The second kappa shape index (κ2) is 8.19. The first-order valence-electron chi connectivity index (χ1n) is 9.81. The molecule has 1 amide bonds. The third kappa shape index (κ3) is 3.97. The van der Waals surface area contributed by atoms with Gasteiger partial charge >= 0.3 is 0 Å². The van der Waals surface area contributed by atoms with Gasteiger partial charge < -0.3 is 19.4 Å². The van der Waals surface area contributed by atoms with Gasteiger partial charge in [-0.05, 0) is 55.0 Å². The Labute approximate surface area is 165 Å². The van der Waals surface area contributed by atoms with E-state index < -0.39 is 0 Å². The van der Waals surface area contributed by atoms with Crippen LogP contribution in [0.4, 0.5) is 15.8 Å². The van der Waals surface area contributed by atoms with Gasteiger partial charge in [-0.3, -0.25) is 4.79 Å². The highest BCUT2D eigenvalue weighted by atomic mass is 19.1. The van der Waals surface area contributed by atoms with Crippen molar-refractivity contribution in [3.8, 4) is 0 Å². The van der Waals surface area contributed by atoms with Gasteiger partial charge in [-0.1, -0.05) is 0 Å². The number of benzene rings is 2. The van der Waals surface area contributed by atoms with Crippen LogP contribution >= 0.6 is 0 Å². The number of carbonyl (C=O) groups is 1. The third-order valence-corrected chi connectivity index (χ3v) is 5.72. The number of rotatable bonds is 4. The van der Waals surface area contributed by atoms with E-state index in [0.717, 1.165) is 49.5 Å². The second-order valence-corrected chi connectivity index (χ2v) is 7.39. The van der Waals surface area contributed by atoms with E-state index in [1.165, 1.54) is 12.1 Å². The van der Waals surface area contributed by atoms with E-state index in [1.54, 1.807) is 19.2 Å². The first-order chi connectivity index (χ1) is 13.6. The maximum Gasteiger partial charge on any atom is 0.253 e. The molecule has 0 aliphatic carbocycles. The summed E-state index contributed by atoms with van der Waals surface area (Å²) >= 11 is 0. The number of anilines is 2. The van der Waals surface area contributed by atoms with Gasteiger partial charge in [-0.2, -0.15) is 0 Å². The van der Waals surface area contributed by atoms with Crippen LogP contribution in [0.5, 0.6) is 0 Å². The Morgan fingerprint density at radius 1 is 0.893 bits per heavy atom. The van der Waals surface area contributed by atoms with E-state index in [-0.39, 0.29) is 11.7 Å². The number of ether oxygens (including phenoxy) is 1. The van der Waals surface area contributed by atoms with E-state index in [4.69, 9.17) is 4.74 Å². The summed E-state index contributed by atoms with van der Waals surface area (Å²) in [5.41, 5.74) is 2.86. The molecule has 2 aliphatic rings. The Hall–Kier alpha value is -2.60. The van der Waals surface area contributed by atoms with Crippen LogP contribution in [0.1, 0.15) is 16.8 Å². The molecule has 1 atom stereocenters. The Bertz CT molecular complexity index is 802. The molecule has 2 aromatic carbocycles. The van der Waals surface area contributed by atoms with E-state index in [1.807, 2.05) is 29.2 Å². The van der Waals surface area contributed by atoms with Crippen molar-refractivity contribution in [1.82, 2.24) is 4.90 Å². The van der Waals surface area contributed by atoms with Gasteiger partial charge in [-0.15, -0.1) is 0 Å². The zero-order valence-electron chi connectivity index (χ0n) is 16.2. The first kappa shape index (κ1) is 18.7. The number of carbonyl (C=O) groups excluding carboxylic acids is 1. The molecule has 2 fully saturated rings. The molecule has 0 spiro atoms. The van der Waals surface area contributed by atoms with Gasteiger partial charge in [0.05, 0.1) is 6.10 Å². The molecule has 0 bridgehead atoms. The molecular weight excluding hydrogens is 357 g/mol. The molecule has 2 heterocycles. The van der Waals surface area contributed by atoms with Gasteiger partial charge in [0.2, 0.25) is 0 Å². The Morgan fingerprint density at radius 2 is 1.50 bits per heavy atom. The van der Waals surface area contributed by atoms with Gasteiger partial charge in [-0.25, -0.2) is 4.39 Å². The summed E-state index contributed by atoms with van der Waals surface area (Å²) < 4.78 is 18.5. The summed E-state index contributed by atoms with van der Waals surface area (Å²) in [6, 6.07) is 14.4. The fourth-order valence-electron chi connectivity index (χ4n) is 3.97. The van der Waals surface area contributed by atoms with E-state index in [0.29, 0.717) is 19.2 Å². The van der Waals surface area contributed by atoms with E-state index in [2.05, 4.69) is 9.80 Å². The van der Waals surface area contributed by atoms with Crippen molar-refractivity contribution in [2.75, 3.05) is 56.2 Å². The van der Waals surface area contributed by atoms with Gasteiger partial charge in [0.25, 0.3) is 5.91 Å². The van der Waals surface area contributed by atoms with Crippen LogP contribution in [-0.2, 0) is 4.74 Å². The van der Waals surface area contributed by atoms with Crippen molar-refractivity contribution in [2.45, 2.75) is 12.5 Å². The van der Waals surface area contributed by atoms with Crippen molar-refractivity contribution in [3.63, 3.8) is 0 Å². The molecule has 148 valence electrons. The summed E-state index contributed by atoms with van der Waals surface area (Å²) in [7, 11) is 1.76. The molecule has 28 heavy (non-hydrogen) atoms. The smallest absolute Gasteiger partial charge is 0.253 e. The second-order valence-electron chi connectivity index (χ2n) is 7.39. The fourth-order valence-corrected chi connectivity index (χ4v) is 3.97. The average molecular weight is 383 g/mol. The molecule has 0 unspecified atom stereocenters.